The summed E-state index contributed by atoms with van der Waals surface area (Å²) in [5.74, 6) is -0.671. The molecule has 1 unspecified atom stereocenters. The fraction of sp³-hybridized carbons (Fsp3) is 0.364. The third kappa shape index (κ3) is 5.19. The van der Waals surface area contributed by atoms with Crippen molar-refractivity contribution in [3.8, 4) is 0 Å². The summed E-state index contributed by atoms with van der Waals surface area (Å²) in [5, 5.41) is 3.08. The molecule has 0 aliphatic heterocycles. The van der Waals surface area contributed by atoms with Crippen LogP contribution in [-0.4, -0.2) is 24.0 Å². The van der Waals surface area contributed by atoms with Crippen LogP contribution < -0.4 is 5.32 Å². The molecule has 2 aromatic rings. The molecule has 1 aliphatic carbocycles. The molecule has 3 rings (SSSR count). The van der Waals surface area contributed by atoms with Gasteiger partial charge in [0.2, 0.25) is 0 Å². The normalized spacial score (nSPS) is 15.8. The van der Waals surface area contributed by atoms with Gasteiger partial charge in [0.1, 0.15) is 0 Å². The maximum absolute atomic E-state index is 12.8. The summed E-state index contributed by atoms with van der Waals surface area (Å²) in [5.41, 5.74) is 1.42. The molecule has 0 spiro atoms. The molecule has 4 nitrogen and oxygen atoms in total. The lowest BCUT2D eigenvalue weighted by Gasteiger charge is -2.25. The van der Waals surface area contributed by atoms with E-state index in [1.54, 1.807) is 24.3 Å². The zero-order valence-electron chi connectivity index (χ0n) is 14.9. The standard InChI is InChI=1S/C22H25NO3/c24-21(23-19-14-8-3-9-15-19)20(16-17-10-4-1-5-11-17)26-22(25)18-12-6-2-7-13-18/h1-2,4-7,10-13,19-20H,3,8-9,14-16H2,(H,23,24). The van der Waals surface area contributed by atoms with Crippen LogP contribution in [0.1, 0.15) is 48.0 Å². The van der Waals surface area contributed by atoms with E-state index < -0.39 is 12.1 Å². The Bertz CT molecular complexity index is 709. The zero-order valence-corrected chi connectivity index (χ0v) is 14.9. The van der Waals surface area contributed by atoms with Gasteiger partial charge in [0.15, 0.2) is 6.10 Å². The van der Waals surface area contributed by atoms with Gasteiger partial charge < -0.3 is 10.1 Å². The van der Waals surface area contributed by atoms with Gasteiger partial charge in [-0.2, -0.15) is 0 Å². The molecule has 0 saturated heterocycles. The van der Waals surface area contributed by atoms with Crippen LogP contribution in [0.2, 0.25) is 0 Å². The fourth-order valence-corrected chi connectivity index (χ4v) is 3.33. The Hall–Kier alpha value is -2.62. The molecule has 0 radical (unpaired) electrons. The molecular formula is C22H25NO3. The summed E-state index contributed by atoms with van der Waals surface area (Å²) in [6, 6.07) is 18.6. The number of hydrogen-bond acceptors (Lipinski definition) is 3. The number of esters is 1. The number of rotatable bonds is 6. The Labute approximate surface area is 154 Å². The number of nitrogens with one attached hydrogen (secondary N) is 1. The SMILES string of the molecule is O=C(OC(Cc1ccccc1)C(=O)NC1CCCCC1)c1ccccc1. The second-order valence-corrected chi connectivity index (χ2v) is 6.79. The van der Waals surface area contributed by atoms with E-state index in [1.165, 1.54) is 6.42 Å². The second kappa shape index (κ2) is 9.18. The van der Waals surface area contributed by atoms with E-state index in [0.717, 1.165) is 31.2 Å². The van der Waals surface area contributed by atoms with Crippen LogP contribution in [0.15, 0.2) is 60.7 Å². The predicted molar refractivity (Wildman–Crippen MR) is 101 cm³/mol. The van der Waals surface area contributed by atoms with Crippen LogP contribution >= 0.6 is 0 Å². The summed E-state index contributed by atoms with van der Waals surface area (Å²) in [6.45, 7) is 0. The molecule has 0 bridgehead atoms. The van der Waals surface area contributed by atoms with Crippen molar-refractivity contribution in [3.05, 3.63) is 71.8 Å². The molecule has 4 heteroatoms. The maximum Gasteiger partial charge on any atom is 0.338 e. The maximum atomic E-state index is 12.8. The number of benzene rings is 2. The quantitative estimate of drug-likeness (QED) is 0.803. The lowest BCUT2D eigenvalue weighted by Crippen LogP contribution is -2.44. The molecule has 1 saturated carbocycles. The number of ether oxygens (including phenoxy) is 1. The Kier molecular flexibility index (Phi) is 6.42. The topological polar surface area (TPSA) is 55.4 Å². The average molecular weight is 351 g/mol. The minimum absolute atomic E-state index is 0.185. The highest BCUT2D eigenvalue weighted by Gasteiger charge is 2.26. The van der Waals surface area contributed by atoms with Gasteiger partial charge in [0.25, 0.3) is 5.91 Å². The van der Waals surface area contributed by atoms with E-state index in [2.05, 4.69) is 5.32 Å². The molecule has 136 valence electrons. The summed E-state index contributed by atoms with van der Waals surface area (Å²) in [4.78, 5) is 25.2. The fourth-order valence-electron chi connectivity index (χ4n) is 3.33. The van der Waals surface area contributed by atoms with E-state index in [4.69, 9.17) is 4.74 Å². The Balaban J connectivity index is 1.70. The largest absolute Gasteiger partial charge is 0.448 e. The van der Waals surface area contributed by atoms with Gasteiger partial charge in [-0.15, -0.1) is 0 Å². The van der Waals surface area contributed by atoms with Crippen molar-refractivity contribution in [1.82, 2.24) is 5.32 Å². The van der Waals surface area contributed by atoms with Gasteiger partial charge >= 0.3 is 5.97 Å². The third-order valence-corrected chi connectivity index (χ3v) is 4.77. The minimum Gasteiger partial charge on any atom is -0.448 e. The average Bonchev–Trinajstić information content (AvgIpc) is 2.69. The van der Waals surface area contributed by atoms with Gasteiger partial charge in [-0.25, -0.2) is 4.79 Å². The monoisotopic (exact) mass is 351 g/mol. The summed E-state index contributed by atoms with van der Waals surface area (Å²) in [6.07, 6.45) is 5.04. The van der Waals surface area contributed by atoms with Crippen molar-refractivity contribution in [2.24, 2.45) is 0 Å². The molecule has 0 heterocycles. The minimum atomic E-state index is -0.827. The van der Waals surface area contributed by atoms with Crippen LogP contribution in [0, 0.1) is 0 Å². The molecule has 1 atom stereocenters. The molecule has 1 fully saturated rings. The zero-order chi connectivity index (χ0) is 18.2. The highest BCUT2D eigenvalue weighted by molar-refractivity contribution is 5.92. The van der Waals surface area contributed by atoms with E-state index in [1.807, 2.05) is 36.4 Å². The van der Waals surface area contributed by atoms with Crippen LogP contribution in [0.4, 0.5) is 0 Å². The van der Waals surface area contributed by atoms with E-state index in [0.29, 0.717) is 12.0 Å². The van der Waals surface area contributed by atoms with Crippen molar-refractivity contribution in [3.63, 3.8) is 0 Å². The van der Waals surface area contributed by atoms with Gasteiger partial charge in [-0.3, -0.25) is 4.79 Å². The first-order valence-corrected chi connectivity index (χ1v) is 9.33. The van der Waals surface area contributed by atoms with Crippen LogP contribution in [0.25, 0.3) is 0 Å². The molecule has 1 amide bonds. The van der Waals surface area contributed by atoms with Crippen LogP contribution in [0.5, 0.6) is 0 Å². The van der Waals surface area contributed by atoms with Crippen molar-refractivity contribution in [1.29, 1.82) is 0 Å². The third-order valence-electron chi connectivity index (χ3n) is 4.77. The number of carbonyl (C=O) groups excluding carboxylic acids is 2. The van der Waals surface area contributed by atoms with E-state index in [9.17, 15) is 9.59 Å². The van der Waals surface area contributed by atoms with Crippen molar-refractivity contribution in [2.75, 3.05) is 0 Å². The van der Waals surface area contributed by atoms with Crippen molar-refractivity contribution in [2.45, 2.75) is 50.7 Å². The Morgan fingerprint density at radius 2 is 1.54 bits per heavy atom. The molecule has 1 N–H and O–H groups in total. The molecular weight excluding hydrogens is 326 g/mol. The van der Waals surface area contributed by atoms with Gasteiger partial charge in [-0.05, 0) is 30.5 Å². The predicted octanol–water partition coefficient (Wildman–Crippen LogP) is 3.90. The molecule has 0 aromatic heterocycles. The summed E-state index contributed by atoms with van der Waals surface area (Å²) in [7, 11) is 0. The lowest BCUT2D eigenvalue weighted by atomic mass is 9.95. The number of carbonyl (C=O) groups is 2. The van der Waals surface area contributed by atoms with Gasteiger partial charge in [0, 0.05) is 12.5 Å². The van der Waals surface area contributed by atoms with Crippen molar-refractivity contribution >= 4 is 11.9 Å². The second-order valence-electron chi connectivity index (χ2n) is 6.79. The van der Waals surface area contributed by atoms with Gasteiger partial charge in [0.05, 0.1) is 5.56 Å². The Morgan fingerprint density at radius 3 is 2.19 bits per heavy atom. The summed E-state index contributed by atoms with van der Waals surface area (Å²) >= 11 is 0. The lowest BCUT2D eigenvalue weighted by molar-refractivity contribution is -0.130. The van der Waals surface area contributed by atoms with E-state index >= 15 is 0 Å². The highest BCUT2D eigenvalue weighted by Crippen LogP contribution is 2.18. The molecule has 2 aromatic carbocycles. The molecule has 1 aliphatic rings. The first-order chi connectivity index (χ1) is 12.7. The van der Waals surface area contributed by atoms with E-state index in [-0.39, 0.29) is 11.9 Å². The summed E-state index contributed by atoms with van der Waals surface area (Å²) < 4.78 is 5.59. The first kappa shape index (κ1) is 18.2. The smallest absolute Gasteiger partial charge is 0.338 e. The van der Waals surface area contributed by atoms with Crippen LogP contribution in [0.3, 0.4) is 0 Å². The first-order valence-electron chi connectivity index (χ1n) is 9.33. The molecule has 26 heavy (non-hydrogen) atoms. The van der Waals surface area contributed by atoms with Crippen molar-refractivity contribution < 1.29 is 14.3 Å². The number of amides is 1. The van der Waals surface area contributed by atoms with Crippen LogP contribution in [-0.2, 0) is 16.0 Å². The Morgan fingerprint density at radius 1 is 0.923 bits per heavy atom. The van der Waals surface area contributed by atoms with Gasteiger partial charge in [-0.1, -0.05) is 67.8 Å². The highest BCUT2D eigenvalue weighted by atomic mass is 16.5. The number of hydrogen-bond donors (Lipinski definition) is 1.